The van der Waals surface area contributed by atoms with Crippen molar-refractivity contribution in [1.29, 1.82) is 0 Å². The van der Waals surface area contributed by atoms with Crippen molar-refractivity contribution >= 4 is 0 Å². The van der Waals surface area contributed by atoms with E-state index in [1.807, 2.05) is 7.05 Å². The standard InChI is InChI=1S/C18H31NO/c1-5-7-11-16(6-2)13-20-14-18(19-4)17-12-9-8-10-15(17)3/h8-10,12,16,18-19H,5-7,11,13-14H2,1-4H3. The Morgan fingerprint density at radius 2 is 1.90 bits per heavy atom. The fourth-order valence-electron chi connectivity index (χ4n) is 2.56. The molecule has 1 aromatic rings. The van der Waals surface area contributed by atoms with Gasteiger partial charge >= 0.3 is 0 Å². The van der Waals surface area contributed by atoms with Gasteiger partial charge in [0.15, 0.2) is 0 Å². The largest absolute Gasteiger partial charge is 0.379 e. The SMILES string of the molecule is CCCCC(CC)COCC(NC)c1ccccc1C. The average Bonchev–Trinajstić information content (AvgIpc) is 2.48. The summed E-state index contributed by atoms with van der Waals surface area (Å²) in [6.45, 7) is 8.32. The van der Waals surface area contributed by atoms with Crippen LogP contribution in [0.25, 0.3) is 0 Å². The van der Waals surface area contributed by atoms with E-state index in [1.54, 1.807) is 0 Å². The number of hydrogen-bond donors (Lipinski definition) is 1. The Labute approximate surface area is 124 Å². The van der Waals surface area contributed by atoms with Gasteiger partial charge in [0.05, 0.1) is 12.6 Å². The quantitative estimate of drug-likeness (QED) is 0.680. The molecule has 0 heterocycles. The second-order valence-electron chi connectivity index (χ2n) is 5.65. The summed E-state index contributed by atoms with van der Waals surface area (Å²) in [6, 6.07) is 8.83. The lowest BCUT2D eigenvalue weighted by molar-refractivity contribution is 0.0780. The Kier molecular flexibility index (Phi) is 8.56. The van der Waals surface area contributed by atoms with Crippen molar-refractivity contribution in [1.82, 2.24) is 5.32 Å². The maximum absolute atomic E-state index is 5.98. The summed E-state index contributed by atoms with van der Waals surface area (Å²) in [5.41, 5.74) is 2.67. The number of likely N-dealkylation sites (N-methyl/N-ethyl adjacent to an activating group) is 1. The predicted octanol–water partition coefficient (Wildman–Crippen LogP) is 4.49. The second-order valence-corrected chi connectivity index (χ2v) is 5.65. The van der Waals surface area contributed by atoms with Crippen molar-refractivity contribution in [3.05, 3.63) is 35.4 Å². The van der Waals surface area contributed by atoms with Crippen LogP contribution in [0.15, 0.2) is 24.3 Å². The molecular formula is C18H31NO. The summed E-state index contributed by atoms with van der Waals surface area (Å²) in [5.74, 6) is 0.712. The van der Waals surface area contributed by atoms with Gasteiger partial charge in [0.1, 0.15) is 0 Å². The van der Waals surface area contributed by atoms with Crippen LogP contribution in [0.2, 0.25) is 0 Å². The van der Waals surface area contributed by atoms with Gasteiger partial charge < -0.3 is 10.1 Å². The Morgan fingerprint density at radius 1 is 1.15 bits per heavy atom. The van der Waals surface area contributed by atoms with Crippen molar-refractivity contribution in [3.8, 4) is 0 Å². The van der Waals surface area contributed by atoms with Gasteiger partial charge in [-0.2, -0.15) is 0 Å². The number of rotatable bonds is 10. The summed E-state index contributed by atoms with van der Waals surface area (Å²) >= 11 is 0. The summed E-state index contributed by atoms with van der Waals surface area (Å²) in [7, 11) is 2.01. The molecule has 20 heavy (non-hydrogen) atoms. The van der Waals surface area contributed by atoms with E-state index in [1.165, 1.54) is 36.8 Å². The van der Waals surface area contributed by atoms with Crippen LogP contribution in [0.4, 0.5) is 0 Å². The van der Waals surface area contributed by atoms with Gasteiger partial charge in [0, 0.05) is 6.61 Å². The zero-order valence-electron chi connectivity index (χ0n) is 13.6. The maximum atomic E-state index is 5.98. The first kappa shape index (κ1) is 17.2. The molecule has 0 aromatic heterocycles. The molecule has 0 aliphatic heterocycles. The Balaban J connectivity index is 2.44. The van der Waals surface area contributed by atoms with Gasteiger partial charge in [-0.25, -0.2) is 0 Å². The molecule has 0 aliphatic rings. The Hall–Kier alpha value is -0.860. The zero-order chi connectivity index (χ0) is 14.8. The summed E-state index contributed by atoms with van der Waals surface area (Å²) < 4.78 is 5.98. The van der Waals surface area contributed by atoms with Crippen LogP contribution in [0.1, 0.15) is 56.7 Å². The van der Waals surface area contributed by atoms with Crippen molar-refractivity contribution in [2.24, 2.45) is 5.92 Å². The van der Waals surface area contributed by atoms with Crippen molar-refractivity contribution < 1.29 is 4.74 Å². The highest BCUT2D eigenvalue weighted by Gasteiger charge is 2.13. The lowest BCUT2D eigenvalue weighted by Gasteiger charge is -2.21. The van der Waals surface area contributed by atoms with E-state index in [9.17, 15) is 0 Å². The van der Waals surface area contributed by atoms with Crippen LogP contribution in [0.3, 0.4) is 0 Å². The fraction of sp³-hybridized carbons (Fsp3) is 0.667. The molecule has 0 aliphatic carbocycles. The maximum Gasteiger partial charge on any atom is 0.0661 e. The van der Waals surface area contributed by atoms with Gasteiger partial charge in [-0.05, 0) is 37.4 Å². The van der Waals surface area contributed by atoms with E-state index in [2.05, 4.69) is 50.4 Å². The molecule has 2 atom stereocenters. The highest BCUT2D eigenvalue weighted by molar-refractivity contribution is 5.28. The lowest BCUT2D eigenvalue weighted by Crippen LogP contribution is -2.24. The van der Waals surface area contributed by atoms with E-state index >= 15 is 0 Å². The normalized spacial score (nSPS) is 14.2. The first-order valence-electron chi connectivity index (χ1n) is 8.03. The summed E-state index contributed by atoms with van der Waals surface area (Å²) in [4.78, 5) is 0. The van der Waals surface area contributed by atoms with Crippen LogP contribution in [0, 0.1) is 12.8 Å². The first-order chi connectivity index (χ1) is 9.72. The highest BCUT2D eigenvalue weighted by Crippen LogP contribution is 2.19. The molecule has 2 unspecified atom stereocenters. The molecular weight excluding hydrogens is 246 g/mol. The molecule has 2 heteroatoms. The van der Waals surface area contributed by atoms with Gasteiger partial charge in [0.2, 0.25) is 0 Å². The van der Waals surface area contributed by atoms with Crippen molar-refractivity contribution in [2.75, 3.05) is 20.3 Å². The van der Waals surface area contributed by atoms with E-state index in [-0.39, 0.29) is 0 Å². The topological polar surface area (TPSA) is 21.3 Å². The van der Waals surface area contributed by atoms with Crippen LogP contribution in [-0.4, -0.2) is 20.3 Å². The average molecular weight is 277 g/mol. The van der Waals surface area contributed by atoms with E-state index in [0.29, 0.717) is 12.0 Å². The number of ether oxygens (including phenoxy) is 1. The number of benzene rings is 1. The molecule has 0 bridgehead atoms. The molecule has 1 rings (SSSR count). The van der Waals surface area contributed by atoms with Crippen LogP contribution < -0.4 is 5.32 Å². The minimum Gasteiger partial charge on any atom is -0.379 e. The highest BCUT2D eigenvalue weighted by atomic mass is 16.5. The third-order valence-corrected chi connectivity index (χ3v) is 4.09. The van der Waals surface area contributed by atoms with E-state index in [0.717, 1.165) is 13.2 Å². The number of unbranched alkanes of at least 4 members (excludes halogenated alkanes) is 1. The molecule has 114 valence electrons. The number of nitrogens with one attached hydrogen (secondary N) is 1. The van der Waals surface area contributed by atoms with Crippen LogP contribution >= 0.6 is 0 Å². The molecule has 2 nitrogen and oxygen atoms in total. The Morgan fingerprint density at radius 3 is 2.50 bits per heavy atom. The molecule has 0 saturated carbocycles. The van der Waals surface area contributed by atoms with Crippen LogP contribution in [-0.2, 0) is 4.74 Å². The minimum absolute atomic E-state index is 0.292. The van der Waals surface area contributed by atoms with Gasteiger partial charge in [-0.15, -0.1) is 0 Å². The minimum atomic E-state index is 0.292. The van der Waals surface area contributed by atoms with E-state index < -0.39 is 0 Å². The van der Waals surface area contributed by atoms with Gasteiger partial charge in [-0.3, -0.25) is 0 Å². The van der Waals surface area contributed by atoms with Crippen molar-refractivity contribution in [3.63, 3.8) is 0 Å². The molecule has 0 amide bonds. The third-order valence-electron chi connectivity index (χ3n) is 4.09. The molecule has 0 fully saturated rings. The second kappa shape index (κ2) is 9.95. The molecule has 1 N–H and O–H groups in total. The van der Waals surface area contributed by atoms with E-state index in [4.69, 9.17) is 4.74 Å². The van der Waals surface area contributed by atoms with Gasteiger partial charge in [0.25, 0.3) is 0 Å². The summed E-state index contributed by atoms with van der Waals surface area (Å²) in [5, 5.41) is 3.37. The number of aryl methyl sites for hydroxylation is 1. The fourth-order valence-corrected chi connectivity index (χ4v) is 2.56. The van der Waals surface area contributed by atoms with Crippen molar-refractivity contribution in [2.45, 2.75) is 52.5 Å². The molecule has 0 saturated heterocycles. The monoisotopic (exact) mass is 277 g/mol. The van der Waals surface area contributed by atoms with Gasteiger partial charge in [-0.1, -0.05) is 57.4 Å². The lowest BCUT2D eigenvalue weighted by atomic mass is 10.00. The third kappa shape index (κ3) is 5.64. The molecule has 0 radical (unpaired) electrons. The molecule has 0 spiro atoms. The smallest absolute Gasteiger partial charge is 0.0661 e. The number of hydrogen-bond acceptors (Lipinski definition) is 2. The van der Waals surface area contributed by atoms with Crippen LogP contribution in [0.5, 0.6) is 0 Å². The molecule has 1 aromatic carbocycles. The Bertz CT molecular complexity index is 364. The summed E-state index contributed by atoms with van der Waals surface area (Å²) in [6.07, 6.45) is 5.10. The zero-order valence-corrected chi connectivity index (χ0v) is 13.6. The predicted molar refractivity (Wildman–Crippen MR) is 87.1 cm³/mol. The first-order valence-corrected chi connectivity index (χ1v) is 8.03.